The first kappa shape index (κ1) is 28.8. The number of H-pyrrole nitrogens is 1. The number of aromatic nitrogens is 5. The average molecular weight is 567 g/mol. The Bertz CT molecular complexity index is 1640. The number of nitrogens with zero attached hydrogens (tertiary/aromatic N) is 4. The maximum atomic E-state index is 14.9. The number of nitrogens with one attached hydrogen (secondary N) is 2. The highest BCUT2D eigenvalue weighted by Gasteiger charge is 2.37. The van der Waals surface area contributed by atoms with Gasteiger partial charge in [-0.1, -0.05) is 0 Å². The van der Waals surface area contributed by atoms with Gasteiger partial charge in [0.15, 0.2) is 5.82 Å². The van der Waals surface area contributed by atoms with Crippen molar-refractivity contribution < 1.29 is 26.3 Å². The molecule has 0 saturated heterocycles. The Labute approximate surface area is 223 Å². The summed E-state index contributed by atoms with van der Waals surface area (Å²) in [6.45, 7) is 3.63. The van der Waals surface area contributed by atoms with Gasteiger partial charge in [0.1, 0.15) is 23.2 Å². The molecule has 0 fully saturated rings. The van der Waals surface area contributed by atoms with Gasteiger partial charge in [-0.15, -0.1) is 0 Å². The van der Waals surface area contributed by atoms with Crippen molar-refractivity contribution in [1.29, 1.82) is 0 Å². The van der Waals surface area contributed by atoms with Crippen molar-refractivity contribution in [3.8, 4) is 11.4 Å². The predicted octanol–water partition coefficient (Wildman–Crippen LogP) is 5.13. The molecule has 2 N–H and O–H groups in total. The molecule has 14 heteroatoms. The second-order valence-electron chi connectivity index (χ2n) is 9.82. The summed E-state index contributed by atoms with van der Waals surface area (Å²) in [5.74, 6) is -0.817. The molecule has 0 bridgehead atoms. The summed E-state index contributed by atoms with van der Waals surface area (Å²) in [6.07, 6.45) is -2.36. The van der Waals surface area contributed by atoms with E-state index in [2.05, 4.69) is 20.4 Å². The van der Waals surface area contributed by atoms with Crippen LogP contribution >= 0.6 is 0 Å². The van der Waals surface area contributed by atoms with Crippen LogP contribution in [0, 0.1) is 5.82 Å². The zero-order chi connectivity index (χ0) is 29.4. The van der Waals surface area contributed by atoms with Crippen molar-refractivity contribution in [3.63, 3.8) is 0 Å². The Hall–Kier alpha value is -4.23. The maximum absolute atomic E-state index is 14.9. The number of halogens is 6. The van der Waals surface area contributed by atoms with Crippen LogP contribution in [-0.4, -0.2) is 36.9 Å². The lowest BCUT2D eigenvalue weighted by Gasteiger charge is -2.20. The van der Waals surface area contributed by atoms with Gasteiger partial charge in [0, 0.05) is 36.6 Å². The quantitative estimate of drug-likeness (QED) is 0.287. The number of alkyl halides is 5. The second kappa shape index (κ2) is 10.7. The number of rotatable bonds is 8. The number of fused-ring (bicyclic) bond motifs is 1. The standard InChI is InChI=1S/C26H24F6N6O2/c1-13(36-20-11-35-37-23(39)21(20)26(30,31)32)6-16(27)12-38-5-4-14-7-18(19(28)8-17(14)24(38)40)22-33-9-15(10-34-22)25(2,3)29/h4-5,7-11,13,16H,6,12H2,1-3H3,(H2,36,37,39). The van der Waals surface area contributed by atoms with E-state index in [1.165, 1.54) is 51.5 Å². The third-order valence-corrected chi connectivity index (χ3v) is 6.19. The van der Waals surface area contributed by atoms with Gasteiger partial charge in [-0.25, -0.2) is 28.2 Å². The van der Waals surface area contributed by atoms with E-state index in [0.29, 0.717) is 5.39 Å². The minimum atomic E-state index is -4.96. The largest absolute Gasteiger partial charge is 0.423 e. The normalized spacial score (nSPS) is 13.8. The summed E-state index contributed by atoms with van der Waals surface area (Å²) < 4.78 is 84.7. The summed E-state index contributed by atoms with van der Waals surface area (Å²) >= 11 is 0. The number of pyridine rings is 1. The van der Waals surface area contributed by atoms with Gasteiger partial charge in [-0.05, 0) is 44.4 Å². The van der Waals surface area contributed by atoms with Crippen molar-refractivity contribution in [3.05, 3.63) is 80.6 Å². The van der Waals surface area contributed by atoms with Crippen LogP contribution in [-0.2, 0) is 18.4 Å². The van der Waals surface area contributed by atoms with E-state index in [4.69, 9.17) is 0 Å². The van der Waals surface area contributed by atoms with E-state index >= 15 is 0 Å². The van der Waals surface area contributed by atoms with Gasteiger partial charge in [-0.3, -0.25) is 9.59 Å². The Morgan fingerprint density at radius 3 is 2.38 bits per heavy atom. The van der Waals surface area contributed by atoms with Crippen LogP contribution in [0.25, 0.3) is 22.2 Å². The molecule has 8 nitrogen and oxygen atoms in total. The number of hydrogen-bond donors (Lipinski definition) is 2. The van der Waals surface area contributed by atoms with Crippen LogP contribution in [0.2, 0.25) is 0 Å². The lowest BCUT2D eigenvalue weighted by molar-refractivity contribution is -0.138. The summed E-state index contributed by atoms with van der Waals surface area (Å²) in [5, 5.41) is 7.82. The fourth-order valence-electron chi connectivity index (χ4n) is 4.18. The van der Waals surface area contributed by atoms with Crippen molar-refractivity contribution >= 4 is 16.5 Å². The molecule has 4 rings (SSSR count). The smallest absolute Gasteiger partial charge is 0.381 e. The average Bonchev–Trinajstić information content (AvgIpc) is 2.84. The zero-order valence-electron chi connectivity index (χ0n) is 21.5. The summed E-state index contributed by atoms with van der Waals surface area (Å²) in [4.78, 5) is 32.6. The summed E-state index contributed by atoms with van der Waals surface area (Å²) in [5.41, 5.74) is -5.69. The fourth-order valence-corrected chi connectivity index (χ4v) is 4.18. The molecular formula is C26H24F6N6O2. The first-order valence-corrected chi connectivity index (χ1v) is 12.0. The molecule has 0 amide bonds. The molecule has 0 spiro atoms. The van der Waals surface area contributed by atoms with Gasteiger partial charge >= 0.3 is 6.18 Å². The fraction of sp³-hybridized carbons (Fsp3) is 0.346. The minimum absolute atomic E-state index is 0.00817. The summed E-state index contributed by atoms with van der Waals surface area (Å²) in [7, 11) is 0. The molecule has 1 aromatic carbocycles. The van der Waals surface area contributed by atoms with Crippen LogP contribution in [0.3, 0.4) is 0 Å². The van der Waals surface area contributed by atoms with E-state index in [1.807, 2.05) is 0 Å². The molecule has 0 aliphatic carbocycles. The molecule has 0 radical (unpaired) electrons. The van der Waals surface area contributed by atoms with E-state index in [0.717, 1.165) is 16.8 Å². The zero-order valence-corrected chi connectivity index (χ0v) is 21.5. The SMILES string of the molecule is CC(CC(F)Cn1ccc2cc(-c3ncc(C(C)(C)F)cn3)c(F)cc2c1=O)Nc1cn[nH]c(=O)c1C(F)(F)F. The van der Waals surface area contributed by atoms with Crippen molar-refractivity contribution in [2.24, 2.45) is 0 Å². The monoisotopic (exact) mass is 566 g/mol. The van der Waals surface area contributed by atoms with Crippen LogP contribution < -0.4 is 16.4 Å². The first-order valence-electron chi connectivity index (χ1n) is 12.0. The molecule has 0 aliphatic heterocycles. The highest BCUT2D eigenvalue weighted by Crippen LogP contribution is 2.32. The molecule has 2 unspecified atom stereocenters. The lowest BCUT2D eigenvalue weighted by Crippen LogP contribution is -2.30. The number of hydrogen-bond acceptors (Lipinski definition) is 6. The first-order chi connectivity index (χ1) is 18.6. The molecular weight excluding hydrogens is 542 g/mol. The van der Waals surface area contributed by atoms with E-state index in [9.17, 15) is 35.9 Å². The second-order valence-corrected chi connectivity index (χ2v) is 9.82. The van der Waals surface area contributed by atoms with E-state index in [1.54, 1.807) is 5.10 Å². The molecule has 0 aliphatic rings. The Morgan fingerprint density at radius 1 is 1.07 bits per heavy atom. The molecule has 212 valence electrons. The predicted molar refractivity (Wildman–Crippen MR) is 136 cm³/mol. The molecule has 3 aromatic heterocycles. The van der Waals surface area contributed by atoms with Gasteiger partial charge < -0.3 is 9.88 Å². The van der Waals surface area contributed by atoms with Crippen LogP contribution in [0.4, 0.5) is 32.0 Å². The van der Waals surface area contributed by atoms with Gasteiger partial charge in [0.05, 0.1) is 29.4 Å². The molecule has 2 atom stereocenters. The Balaban J connectivity index is 1.51. The van der Waals surface area contributed by atoms with Gasteiger partial charge in [-0.2, -0.15) is 18.3 Å². The molecule has 40 heavy (non-hydrogen) atoms. The van der Waals surface area contributed by atoms with Crippen LogP contribution in [0.1, 0.15) is 38.3 Å². The number of anilines is 1. The Morgan fingerprint density at radius 2 is 1.75 bits per heavy atom. The molecule has 4 aromatic rings. The van der Waals surface area contributed by atoms with Crippen molar-refractivity contribution in [2.45, 2.75) is 57.8 Å². The topological polar surface area (TPSA) is 106 Å². The maximum Gasteiger partial charge on any atom is 0.423 e. The Kier molecular flexibility index (Phi) is 7.72. The van der Waals surface area contributed by atoms with Gasteiger partial charge in [0.2, 0.25) is 0 Å². The number of aromatic amines is 1. The van der Waals surface area contributed by atoms with E-state index < -0.39 is 58.8 Å². The van der Waals surface area contributed by atoms with Crippen molar-refractivity contribution in [2.75, 3.05) is 5.32 Å². The van der Waals surface area contributed by atoms with Crippen LogP contribution in [0.15, 0.2) is 52.6 Å². The molecule has 0 saturated carbocycles. The molecule has 3 heterocycles. The highest BCUT2D eigenvalue weighted by molar-refractivity contribution is 5.86. The van der Waals surface area contributed by atoms with Gasteiger partial charge in [0.25, 0.3) is 11.1 Å². The highest BCUT2D eigenvalue weighted by atomic mass is 19.4. The van der Waals surface area contributed by atoms with Crippen molar-refractivity contribution in [1.82, 2.24) is 24.7 Å². The third kappa shape index (κ3) is 6.15. The number of benzene rings is 1. The van der Waals surface area contributed by atoms with Crippen LogP contribution in [0.5, 0.6) is 0 Å². The summed E-state index contributed by atoms with van der Waals surface area (Å²) in [6, 6.07) is 2.95. The lowest BCUT2D eigenvalue weighted by atomic mass is 10.0. The van der Waals surface area contributed by atoms with E-state index in [-0.39, 0.29) is 28.8 Å². The third-order valence-electron chi connectivity index (χ3n) is 6.19. The minimum Gasteiger partial charge on any atom is -0.381 e.